The lowest BCUT2D eigenvalue weighted by atomic mass is 10.0. The Kier molecular flexibility index (Phi) is 2.85. The van der Waals surface area contributed by atoms with E-state index in [2.05, 4.69) is 24.8 Å². The standard InChI is InChI=1S/C13H19NO/c1-10(2)11-5-6-13(15)12(9-11)14-7-3-4-8-14/h5-6,9-10,15H,3-4,7-8H2,1-2H3. The van der Waals surface area contributed by atoms with Crippen LogP contribution in [0, 0.1) is 0 Å². The first-order valence-electron chi connectivity index (χ1n) is 5.76. The minimum atomic E-state index is 0.418. The fourth-order valence-corrected chi connectivity index (χ4v) is 2.11. The SMILES string of the molecule is CC(C)c1ccc(O)c(N2CCCC2)c1. The molecule has 1 fully saturated rings. The lowest BCUT2D eigenvalue weighted by Crippen LogP contribution is -2.17. The van der Waals surface area contributed by atoms with Crippen molar-refractivity contribution in [2.75, 3.05) is 18.0 Å². The molecule has 15 heavy (non-hydrogen) atoms. The highest BCUT2D eigenvalue weighted by molar-refractivity contribution is 5.60. The predicted molar refractivity (Wildman–Crippen MR) is 63.6 cm³/mol. The van der Waals surface area contributed by atoms with Crippen LogP contribution in [0.4, 0.5) is 5.69 Å². The molecule has 0 saturated carbocycles. The molecule has 1 saturated heterocycles. The van der Waals surface area contributed by atoms with Crippen LogP contribution in [0.15, 0.2) is 18.2 Å². The van der Waals surface area contributed by atoms with Gasteiger partial charge in [-0.15, -0.1) is 0 Å². The Hall–Kier alpha value is -1.18. The monoisotopic (exact) mass is 205 g/mol. The third-order valence-corrected chi connectivity index (χ3v) is 3.11. The van der Waals surface area contributed by atoms with E-state index in [4.69, 9.17) is 0 Å². The Labute approximate surface area is 91.5 Å². The van der Waals surface area contributed by atoms with E-state index < -0.39 is 0 Å². The van der Waals surface area contributed by atoms with E-state index >= 15 is 0 Å². The van der Waals surface area contributed by atoms with Gasteiger partial charge in [-0.1, -0.05) is 19.9 Å². The van der Waals surface area contributed by atoms with Crippen molar-refractivity contribution in [2.45, 2.75) is 32.6 Å². The summed E-state index contributed by atoms with van der Waals surface area (Å²) < 4.78 is 0. The highest BCUT2D eigenvalue weighted by Gasteiger charge is 2.16. The summed E-state index contributed by atoms with van der Waals surface area (Å²) in [6.07, 6.45) is 2.48. The summed E-state index contributed by atoms with van der Waals surface area (Å²) in [7, 11) is 0. The second-order valence-electron chi connectivity index (χ2n) is 4.60. The first-order chi connectivity index (χ1) is 7.18. The maximum atomic E-state index is 9.84. The molecular weight excluding hydrogens is 186 g/mol. The molecule has 1 aromatic rings. The molecule has 82 valence electrons. The maximum absolute atomic E-state index is 9.84. The summed E-state index contributed by atoms with van der Waals surface area (Å²) in [5, 5.41) is 9.84. The van der Waals surface area contributed by atoms with Crippen LogP contribution in [0.1, 0.15) is 38.2 Å². The average Bonchev–Trinajstić information content (AvgIpc) is 2.71. The molecule has 0 spiro atoms. The quantitative estimate of drug-likeness (QED) is 0.802. The number of benzene rings is 1. The summed E-state index contributed by atoms with van der Waals surface area (Å²) in [4.78, 5) is 2.28. The molecule has 0 atom stereocenters. The minimum absolute atomic E-state index is 0.418. The van der Waals surface area contributed by atoms with Crippen molar-refractivity contribution in [3.8, 4) is 5.75 Å². The zero-order valence-corrected chi connectivity index (χ0v) is 9.53. The van der Waals surface area contributed by atoms with Gasteiger partial charge >= 0.3 is 0 Å². The zero-order chi connectivity index (χ0) is 10.8. The average molecular weight is 205 g/mol. The molecule has 2 heteroatoms. The minimum Gasteiger partial charge on any atom is -0.506 e. The number of hydrogen-bond acceptors (Lipinski definition) is 2. The second-order valence-corrected chi connectivity index (χ2v) is 4.60. The molecule has 2 rings (SSSR count). The first kappa shape index (κ1) is 10.3. The molecule has 1 N–H and O–H groups in total. The van der Waals surface area contributed by atoms with E-state index in [1.54, 1.807) is 0 Å². The van der Waals surface area contributed by atoms with Crippen LogP contribution in [-0.4, -0.2) is 18.2 Å². The van der Waals surface area contributed by atoms with Gasteiger partial charge in [0.1, 0.15) is 5.75 Å². The van der Waals surface area contributed by atoms with Crippen molar-refractivity contribution in [3.05, 3.63) is 23.8 Å². The van der Waals surface area contributed by atoms with Gasteiger partial charge in [-0.3, -0.25) is 0 Å². The summed E-state index contributed by atoms with van der Waals surface area (Å²) in [6.45, 7) is 6.52. The van der Waals surface area contributed by atoms with Crippen LogP contribution in [0.5, 0.6) is 5.75 Å². The van der Waals surface area contributed by atoms with Crippen LogP contribution in [0.3, 0.4) is 0 Å². The van der Waals surface area contributed by atoms with Crippen LogP contribution in [0.25, 0.3) is 0 Å². The predicted octanol–water partition coefficient (Wildman–Crippen LogP) is 3.12. The van der Waals surface area contributed by atoms with Crippen molar-refractivity contribution >= 4 is 5.69 Å². The fourth-order valence-electron chi connectivity index (χ4n) is 2.11. The number of hydrogen-bond donors (Lipinski definition) is 1. The van der Waals surface area contributed by atoms with Crippen LogP contribution >= 0.6 is 0 Å². The van der Waals surface area contributed by atoms with Gasteiger partial charge in [-0.2, -0.15) is 0 Å². The van der Waals surface area contributed by atoms with Gasteiger partial charge in [-0.05, 0) is 36.5 Å². The van der Waals surface area contributed by atoms with Crippen molar-refractivity contribution in [1.82, 2.24) is 0 Å². The Morgan fingerprint density at radius 1 is 1.20 bits per heavy atom. The number of phenols is 1. The molecule has 0 amide bonds. The van der Waals surface area contributed by atoms with Crippen LogP contribution < -0.4 is 4.90 Å². The van der Waals surface area contributed by atoms with E-state index in [1.807, 2.05) is 12.1 Å². The second kappa shape index (κ2) is 4.13. The molecule has 1 aliphatic heterocycles. The largest absolute Gasteiger partial charge is 0.506 e. The van der Waals surface area contributed by atoms with Crippen molar-refractivity contribution in [2.24, 2.45) is 0 Å². The molecule has 1 aromatic carbocycles. The third-order valence-electron chi connectivity index (χ3n) is 3.11. The van der Waals surface area contributed by atoms with Gasteiger partial charge in [0.25, 0.3) is 0 Å². The molecule has 0 aliphatic carbocycles. The van der Waals surface area contributed by atoms with E-state index in [-0.39, 0.29) is 0 Å². The van der Waals surface area contributed by atoms with Gasteiger partial charge in [0.05, 0.1) is 5.69 Å². The Balaban J connectivity index is 2.31. The highest BCUT2D eigenvalue weighted by atomic mass is 16.3. The molecular formula is C13H19NO. The Bertz CT molecular complexity index is 340. The number of aromatic hydroxyl groups is 1. The Morgan fingerprint density at radius 2 is 1.87 bits per heavy atom. The highest BCUT2D eigenvalue weighted by Crippen LogP contribution is 2.32. The van der Waals surface area contributed by atoms with Gasteiger partial charge in [0.2, 0.25) is 0 Å². The van der Waals surface area contributed by atoms with E-state index in [0.29, 0.717) is 11.7 Å². The van der Waals surface area contributed by atoms with Crippen molar-refractivity contribution in [3.63, 3.8) is 0 Å². The molecule has 1 aliphatic rings. The number of phenolic OH excluding ortho intramolecular Hbond substituents is 1. The maximum Gasteiger partial charge on any atom is 0.138 e. The van der Waals surface area contributed by atoms with Crippen LogP contribution in [0.2, 0.25) is 0 Å². The fraction of sp³-hybridized carbons (Fsp3) is 0.538. The number of anilines is 1. The van der Waals surface area contributed by atoms with Gasteiger partial charge in [-0.25, -0.2) is 0 Å². The summed E-state index contributed by atoms with van der Waals surface area (Å²) in [6, 6.07) is 5.97. The van der Waals surface area contributed by atoms with Crippen molar-refractivity contribution in [1.29, 1.82) is 0 Å². The molecule has 0 unspecified atom stereocenters. The number of rotatable bonds is 2. The molecule has 2 nitrogen and oxygen atoms in total. The van der Waals surface area contributed by atoms with Crippen molar-refractivity contribution < 1.29 is 5.11 Å². The topological polar surface area (TPSA) is 23.5 Å². The van der Waals surface area contributed by atoms with Gasteiger partial charge < -0.3 is 10.0 Å². The lowest BCUT2D eigenvalue weighted by molar-refractivity contribution is 0.474. The molecule has 0 aromatic heterocycles. The van der Waals surface area contributed by atoms with Gasteiger partial charge in [0.15, 0.2) is 0 Å². The van der Waals surface area contributed by atoms with Crippen LogP contribution in [-0.2, 0) is 0 Å². The zero-order valence-electron chi connectivity index (χ0n) is 9.53. The molecule has 0 bridgehead atoms. The molecule has 0 radical (unpaired) electrons. The smallest absolute Gasteiger partial charge is 0.138 e. The third kappa shape index (κ3) is 2.09. The van der Waals surface area contributed by atoms with Gasteiger partial charge in [0, 0.05) is 13.1 Å². The lowest BCUT2D eigenvalue weighted by Gasteiger charge is -2.20. The van der Waals surface area contributed by atoms with E-state index in [9.17, 15) is 5.11 Å². The first-order valence-corrected chi connectivity index (χ1v) is 5.76. The van der Waals surface area contributed by atoms with E-state index in [0.717, 1.165) is 18.8 Å². The normalized spacial score (nSPS) is 16.3. The van der Waals surface area contributed by atoms with E-state index in [1.165, 1.54) is 18.4 Å². The number of nitrogens with zero attached hydrogens (tertiary/aromatic N) is 1. The summed E-state index contributed by atoms with van der Waals surface area (Å²) >= 11 is 0. The molecule has 1 heterocycles. The Morgan fingerprint density at radius 3 is 2.47 bits per heavy atom. The summed E-state index contributed by atoms with van der Waals surface area (Å²) in [5.74, 6) is 0.938. The summed E-state index contributed by atoms with van der Waals surface area (Å²) in [5.41, 5.74) is 2.31.